The van der Waals surface area contributed by atoms with Gasteiger partial charge in [-0.05, 0) is 54.6 Å². The van der Waals surface area contributed by atoms with E-state index in [1.807, 2.05) is 23.1 Å². The zero-order valence-electron chi connectivity index (χ0n) is 14.4. The van der Waals surface area contributed by atoms with Crippen LogP contribution >= 0.6 is 11.5 Å². The van der Waals surface area contributed by atoms with E-state index in [9.17, 15) is 4.79 Å². The Kier molecular flexibility index (Phi) is 3.81. The quantitative estimate of drug-likeness (QED) is 0.698. The Hall–Kier alpha value is -2.54. The Bertz CT molecular complexity index is 977. The highest BCUT2D eigenvalue weighted by atomic mass is 32.1. The van der Waals surface area contributed by atoms with Crippen LogP contribution in [0.25, 0.3) is 10.1 Å². The number of carbonyl (C=O) groups excluding carboxylic acids is 1. The molecular weight excluding hydrogens is 346 g/mol. The fourth-order valence-electron chi connectivity index (χ4n) is 3.82. The number of benzene rings is 1. The maximum Gasteiger partial charge on any atom is 0.274 e. The molecule has 0 bridgehead atoms. The number of rotatable bonds is 2. The van der Waals surface area contributed by atoms with Crippen LogP contribution in [0.5, 0.6) is 0 Å². The molecule has 0 spiro atoms. The van der Waals surface area contributed by atoms with Crippen molar-refractivity contribution in [3.8, 4) is 0 Å². The molecule has 1 aliphatic heterocycles. The number of aryl methyl sites for hydroxylation is 2. The van der Waals surface area contributed by atoms with E-state index in [1.165, 1.54) is 27.2 Å². The number of nitrogens with zero attached hydrogens (tertiary/aromatic N) is 5. The highest BCUT2D eigenvalue weighted by Crippen LogP contribution is 2.30. The Morgan fingerprint density at radius 3 is 2.77 bits per heavy atom. The third kappa shape index (κ3) is 2.63. The van der Waals surface area contributed by atoms with Crippen LogP contribution in [0.4, 0.5) is 5.82 Å². The lowest BCUT2D eigenvalue weighted by Crippen LogP contribution is -2.49. The lowest BCUT2D eigenvalue weighted by atomic mass is 10.2. The van der Waals surface area contributed by atoms with Gasteiger partial charge in [0.1, 0.15) is 5.82 Å². The van der Waals surface area contributed by atoms with E-state index < -0.39 is 0 Å². The zero-order valence-corrected chi connectivity index (χ0v) is 15.2. The number of hydrogen-bond acceptors (Lipinski definition) is 6. The molecule has 1 saturated heterocycles. The highest BCUT2D eigenvalue weighted by molar-refractivity contribution is 7.13. The van der Waals surface area contributed by atoms with Crippen molar-refractivity contribution < 1.29 is 4.79 Å². The van der Waals surface area contributed by atoms with Crippen molar-refractivity contribution in [1.82, 2.24) is 19.5 Å². The first-order valence-corrected chi connectivity index (χ1v) is 9.81. The van der Waals surface area contributed by atoms with Crippen molar-refractivity contribution >= 4 is 33.3 Å². The molecule has 1 aliphatic carbocycles. The summed E-state index contributed by atoms with van der Waals surface area (Å²) in [5.41, 5.74) is 2.73. The van der Waals surface area contributed by atoms with Gasteiger partial charge in [-0.1, -0.05) is 12.1 Å². The third-order valence-electron chi connectivity index (χ3n) is 5.26. The summed E-state index contributed by atoms with van der Waals surface area (Å²) in [4.78, 5) is 17.0. The molecule has 0 radical (unpaired) electrons. The summed E-state index contributed by atoms with van der Waals surface area (Å²) >= 11 is 1.53. The maximum absolute atomic E-state index is 12.8. The number of aromatic nitrogens is 3. The highest BCUT2D eigenvalue weighted by Gasteiger charge is 2.26. The minimum Gasteiger partial charge on any atom is -0.352 e. The fraction of sp³-hybridized carbons (Fsp3) is 0.368. The SMILES string of the molecule is O=C(c1cc2c(nn1)CCC2)N1CCN(c2nsc3ccccc23)CC1. The predicted octanol–water partition coefficient (Wildman–Crippen LogP) is 2.54. The summed E-state index contributed by atoms with van der Waals surface area (Å²) in [5.74, 6) is 1.03. The van der Waals surface area contributed by atoms with Gasteiger partial charge in [-0.15, -0.1) is 5.10 Å². The molecule has 0 saturated carbocycles. The standard InChI is InChI=1S/C19H19N5OS/c25-19(16-12-13-4-3-6-15(13)20-21-16)24-10-8-23(9-11-24)18-14-5-1-2-7-17(14)26-22-18/h1-2,5,7,12H,3-4,6,8-11H2. The summed E-state index contributed by atoms with van der Waals surface area (Å²) in [7, 11) is 0. The zero-order chi connectivity index (χ0) is 17.5. The minimum absolute atomic E-state index is 0.00464. The molecule has 0 N–H and O–H groups in total. The van der Waals surface area contributed by atoms with Gasteiger partial charge in [0, 0.05) is 31.6 Å². The van der Waals surface area contributed by atoms with Crippen LogP contribution in [0.1, 0.15) is 28.2 Å². The molecule has 2 aromatic heterocycles. The van der Waals surface area contributed by atoms with Crippen LogP contribution in [0.3, 0.4) is 0 Å². The molecule has 0 unspecified atom stereocenters. The number of piperazine rings is 1. The molecule has 6 nitrogen and oxygen atoms in total. The second-order valence-electron chi connectivity index (χ2n) is 6.84. The van der Waals surface area contributed by atoms with Gasteiger partial charge >= 0.3 is 0 Å². The van der Waals surface area contributed by atoms with Crippen molar-refractivity contribution in [2.45, 2.75) is 19.3 Å². The second kappa shape index (κ2) is 6.32. The molecule has 132 valence electrons. The molecular formula is C19H19N5OS. The monoisotopic (exact) mass is 365 g/mol. The fourth-order valence-corrected chi connectivity index (χ4v) is 4.61. The van der Waals surface area contributed by atoms with Gasteiger partial charge in [0.05, 0.1) is 10.4 Å². The van der Waals surface area contributed by atoms with E-state index in [-0.39, 0.29) is 5.91 Å². The van der Waals surface area contributed by atoms with Gasteiger partial charge in [-0.2, -0.15) is 9.47 Å². The van der Waals surface area contributed by atoms with Crippen LogP contribution in [-0.2, 0) is 12.8 Å². The lowest BCUT2D eigenvalue weighted by Gasteiger charge is -2.34. The Labute approximate surface area is 155 Å². The first-order valence-electron chi connectivity index (χ1n) is 9.04. The van der Waals surface area contributed by atoms with Crippen molar-refractivity contribution in [3.05, 3.63) is 47.3 Å². The summed E-state index contributed by atoms with van der Waals surface area (Å²) < 4.78 is 5.83. The van der Waals surface area contributed by atoms with Gasteiger partial charge in [-0.3, -0.25) is 4.79 Å². The maximum atomic E-state index is 12.8. The summed E-state index contributed by atoms with van der Waals surface area (Å²) in [5, 5.41) is 9.61. The van der Waals surface area contributed by atoms with E-state index >= 15 is 0 Å². The van der Waals surface area contributed by atoms with Crippen molar-refractivity contribution in [1.29, 1.82) is 0 Å². The topological polar surface area (TPSA) is 62.2 Å². The molecule has 26 heavy (non-hydrogen) atoms. The van der Waals surface area contributed by atoms with Gasteiger partial charge in [-0.25, -0.2) is 0 Å². The number of anilines is 1. The molecule has 1 aromatic carbocycles. The van der Waals surface area contributed by atoms with Crippen LogP contribution < -0.4 is 4.90 Å². The van der Waals surface area contributed by atoms with E-state index in [2.05, 4.69) is 31.6 Å². The van der Waals surface area contributed by atoms with E-state index in [0.717, 1.165) is 43.9 Å². The van der Waals surface area contributed by atoms with Gasteiger partial charge in [0.25, 0.3) is 5.91 Å². The average molecular weight is 365 g/mol. The lowest BCUT2D eigenvalue weighted by molar-refractivity contribution is 0.0739. The third-order valence-corrected chi connectivity index (χ3v) is 6.08. The van der Waals surface area contributed by atoms with Crippen LogP contribution in [0, 0.1) is 0 Å². The molecule has 1 fully saturated rings. The Balaban J connectivity index is 1.30. The molecule has 5 rings (SSSR count). The molecule has 3 aromatic rings. The van der Waals surface area contributed by atoms with Crippen molar-refractivity contribution in [3.63, 3.8) is 0 Å². The molecule has 0 atom stereocenters. The van der Waals surface area contributed by atoms with Crippen molar-refractivity contribution in [2.24, 2.45) is 0 Å². The number of fused-ring (bicyclic) bond motifs is 2. The first-order chi connectivity index (χ1) is 12.8. The summed E-state index contributed by atoms with van der Waals surface area (Å²) in [6.45, 7) is 2.95. The predicted molar refractivity (Wildman–Crippen MR) is 102 cm³/mol. The summed E-state index contributed by atoms with van der Waals surface area (Å²) in [6.07, 6.45) is 3.11. The number of hydrogen-bond donors (Lipinski definition) is 0. The van der Waals surface area contributed by atoms with Crippen molar-refractivity contribution in [2.75, 3.05) is 31.1 Å². The van der Waals surface area contributed by atoms with Crippen LogP contribution in [-0.4, -0.2) is 51.6 Å². The smallest absolute Gasteiger partial charge is 0.274 e. The van der Waals surface area contributed by atoms with Crippen LogP contribution in [0.2, 0.25) is 0 Å². The van der Waals surface area contributed by atoms with E-state index in [4.69, 9.17) is 0 Å². The first kappa shape index (κ1) is 15.7. The number of amides is 1. The van der Waals surface area contributed by atoms with Gasteiger partial charge < -0.3 is 9.80 Å². The largest absolute Gasteiger partial charge is 0.352 e. The molecule has 3 heterocycles. The number of carbonyl (C=O) groups is 1. The Morgan fingerprint density at radius 2 is 1.88 bits per heavy atom. The Morgan fingerprint density at radius 1 is 1.04 bits per heavy atom. The average Bonchev–Trinajstić information content (AvgIpc) is 3.34. The summed E-state index contributed by atoms with van der Waals surface area (Å²) in [6, 6.07) is 10.2. The minimum atomic E-state index is -0.00464. The van der Waals surface area contributed by atoms with Gasteiger partial charge in [0.2, 0.25) is 0 Å². The molecule has 2 aliphatic rings. The van der Waals surface area contributed by atoms with E-state index in [0.29, 0.717) is 18.8 Å². The molecule has 1 amide bonds. The second-order valence-corrected chi connectivity index (χ2v) is 7.64. The molecule has 7 heteroatoms. The van der Waals surface area contributed by atoms with Gasteiger partial charge in [0.15, 0.2) is 5.69 Å². The van der Waals surface area contributed by atoms with Crippen LogP contribution in [0.15, 0.2) is 30.3 Å². The normalized spacial score (nSPS) is 16.9. The van der Waals surface area contributed by atoms with E-state index in [1.54, 1.807) is 0 Å².